The lowest BCUT2D eigenvalue weighted by Gasteiger charge is -2.29. The predicted molar refractivity (Wildman–Crippen MR) is 126 cm³/mol. The summed E-state index contributed by atoms with van der Waals surface area (Å²) in [4.78, 5) is 17.7. The second kappa shape index (κ2) is 8.29. The quantitative estimate of drug-likeness (QED) is 0.414. The van der Waals surface area contributed by atoms with Crippen LogP contribution in [0.3, 0.4) is 0 Å². The van der Waals surface area contributed by atoms with Crippen LogP contribution in [0.5, 0.6) is 0 Å². The van der Waals surface area contributed by atoms with Gasteiger partial charge in [0, 0.05) is 53.0 Å². The summed E-state index contributed by atoms with van der Waals surface area (Å²) in [5.41, 5.74) is 2.73. The number of halogens is 2. The molecule has 1 aromatic carbocycles. The van der Waals surface area contributed by atoms with Gasteiger partial charge in [-0.2, -0.15) is 10.2 Å². The number of fused-ring (bicyclic) bond motifs is 1. The summed E-state index contributed by atoms with van der Waals surface area (Å²) in [5, 5.41) is 9.47. The number of aryl methyl sites for hydroxylation is 1. The molecule has 174 valence electrons. The summed E-state index contributed by atoms with van der Waals surface area (Å²) >= 11 is 5.98. The van der Waals surface area contributed by atoms with E-state index in [1.165, 1.54) is 23.6 Å². The Labute approximate surface area is 200 Å². The van der Waals surface area contributed by atoms with E-state index < -0.39 is 5.82 Å². The number of benzene rings is 1. The smallest absolute Gasteiger partial charge is 0.292 e. The summed E-state index contributed by atoms with van der Waals surface area (Å²) in [6, 6.07) is 6.95. The van der Waals surface area contributed by atoms with E-state index in [0.717, 1.165) is 17.7 Å². The molecule has 1 saturated heterocycles. The highest BCUT2D eigenvalue weighted by atomic mass is 35.5. The molecule has 2 fully saturated rings. The van der Waals surface area contributed by atoms with Crippen molar-refractivity contribution in [3.63, 3.8) is 0 Å². The Hall–Kier alpha value is -3.10. The summed E-state index contributed by atoms with van der Waals surface area (Å²) in [5.74, 6) is -0.400. The van der Waals surface area contributed by atoms with Crippen molar-refractivity contribution >= 4 is 22.5 Å². The van der Waals surface area contributed by atoms with E-state index in [4.69, 9.17) is 21.3 Å². The highest BCUT2D eigenvalue weighted by Gasteiger charge is 2.30. The van der Waals surface area contributed by atoms with Crippen LogP contribution in [0.4, 0.5) is 4.39 Å². The molecular weight excluding hydrogens is 457 g/mol. The van der Waals surface area contributed by atoms with E-state index >= 15 is 0 Å². The summed E-state index contributed by atoms with van der Waals surface area (Å²) in [6.45, 7) is 0.572. The number of hydrogen-bond donors (Lipinski definition) is 0. The molecule has 4 heterocycles. The van der Waals surface area contributed by atoms with E-state index in [2.05, 4.69) is 16.4 Å². The maximum Gasteiger partial charge on any atom is 0.292 e. The van der Waals surface area contributed by atoms with E-state index in [1.54, 1.807) is 25.4 Å². The van der Waals surface area contributed by atoms with E-state index in [1.807, 2.05) is 16.9 Å². The Morgan fingerprint density at radius 1 is 1.12 bits per heavy atom. The van der Waals surface area contributed by atoms with Gasteiger partial charge in [0.05, 0.1) is 24.5 Å². The molecule has 3 aromatic heterocycles. The third-order valence-corrected chi connectivity index (χ3v) is 7.01. The van der Waals surface area contributed by atoms with Gasteiger partial charge in [-0.05, 0) is 55.5 Å². The van der Waals surface area contributed by atoms with Gasteiger partial charge in [-0.15, -0.1) is 0 Å². The van der Waals surface area contributed by atoms with E-state index in [9.17, 15) is 9.18 Å². The molecule has 9 heteroatoms. The van der Waals surface area contributed by atoms with Crippen LogP contribution in [0.15, 0.2) is 47.7 Å². The minimum Gasteiger partial charge on any atom is -0.373 e. The van der Waals surface area contributed by atoms with Crippen molar-refractivity contribution in [3.8, 4) is 11.1 Å². The van der Waals surface area contributed by atoms with Gasteiger partial charge in [0.15, 0.2) is 0 Å². The van der Waals surface area contributed by atoms with Crippen LogP contribution in [-0.2, 0) is 11.8 Å². The zero-order valence-electron chi connectivity index (χ0n) is 18.6. The average Bonchev–Trinajstić information content (AvgIpc) is 3.57. The summed E-state index contributed by atoms with van der Waals surface area (Å²) in [6.07, 6.45) is 9.25. The minimum absolute atomic E-state index is 0.0550. The fourth-order valence-corrected chi connectivity index (χ4v) is 4.87. The Balaban J connectivity index is 1.43. The molecule has 1 saturated carbocycles. The van der Waals surface area contributed by atoms with Gasteiger partial charge in [0.1, 0.15) is 11.3 Å². The van der Waals surface area contributed by atoms with Crippen molar-refractivity contribution < 1.29 is 9.13 Å². The van der Waals surface area contributed by atoms with Crippen LogP contribution < -0.4 is 5.56 Å². The first-order valence-corrected chi connectivity index (χ1v) is 11.8. The second-order valence-electron chi connectivity index (χ2n) is 9.12. The van der Waals surface area contributed by atoms with Crippen molar-refractivity contribution in [1.29, 1.82) is 0 Å². The molecule has 4 aromatic rings. The third-order valence-electron chi connectivity index (χ3n) is 6.77. The van der Waals surface area contributed by atoms with Gasteiger partial charge in [-0.25, -0.2) is 14.1 Å². The van der Waals surface area contributed by atoms with Gasteiger partial charge in [0.2, 0.25) is 0 Å². The van der Waals surface area contributed by atoms with Gasteiger partial charge < -0.3 is 4.74 Å². The molecule has 34 heavy (non-hydrogen) atoms. The van der Waals surface area contributed by atoms with Gasteiger partial charge >= 0.3 is 0 Å². The lowest BCUT2D eigenvalue weighted by molar-refractivity contribution is 0.00464. The number of aromatic nitrogens is 5. The van der Waals surface area contributed by atoms with Crippen molar-refractivity contribution in [3.05, 3.63) is 75.3 Å². The van der Waals surface area contributed by atoms with Crippen LogP contribution in [0, 0.1) is 5.82 Å². The monoisotopic (exact) mass is 479 g/mol. The number of pyridine rings is 1. The largest absolute Gasteiger partial charge is 0.373 e. The van der Waals surface area contributed by atoms with E-state index in [0.29, 0.717) is 40.6 Å². The first-order valence-electron chi connectivity index (χ1n) is 11.5. The summed E-state index contributed by atoms with van der Waals surface area (Å²) in [7, 11) is 1.58. The molecule has 0 bridgehead atoms. The lowest BCUT2D eigenvalue weighted by Crippen LogP contribution is -2.23. The van der Waals surface area contributed by atoms with Crippen LogP contribution in [0.25, 0.3) is 22.0 Å². The van der Waals surface area contributed by atoms with Gasteiger partial charge in [0.25, 0.3) is 5.56 Å². The third kappa shape index (κ3) is 3.80. The number of hydrogen-bond acceptors (Lipinski definition) is 5. The Bertz CT molecular complexity index is 1460. The van der Waals surface area contributed by atoms with Crippen LogP contribution >= 0.6 is 11.6 Å². The van der Waals surface area contributed by atoms with Crippen molar-refractivity contribution in [1.82, 2.24) is 24.5 Å². The zero-order valence-corrected chi connectivity index (χ0v) is 19.4. The standard InChI is InChI=1S/C25H23ClFN5O2/c1-31-25(33)24-20(12-28-31)19(18-5-2-16(26)9-21(18)27)10-22(30-24)14-6-7-34-23(8-14)15-11-29-32(13-15)17-3-4-17/h2,5,9-14,17,23H,3-4,6-8H2,1H3/t14-,23+/m1/s1. The Kier molecular flexibility index (Phi) is 5.22. The Morgan fingerprint density at radius 3 is 2.76 bits per heavy atom. The topological polar surface area (TPSA) is 74.8 Å². The fourth-order valence-electron chi connectivity index (χ4n) is 4.71. The number of ether oxygens (including phenoxy) is 1. The highest BCUT2D eigenvalue weighted by Crippen LogP contribution is 2.41. The van der Waals surface area contributed by atoms with Gasteiger partial charge in [-0.1, -0.05) is 11.6 Å². The zero-order chi connectivity index (χ0) is 23.4. The molecular formula is C25H23ClFN5O2. The minimum atomic E-state index is -0.455. The number of rotatable bonds is 4. The van der Waals surface area contributed by atoms with Crippen LogP contribution in [0.1, 0.15) is 55.0 Å². The SMILES string of the molecule is Cn1ncc2c(-c3ccc(Cl)cc3F)cc([C@@H]3CCO[C@H](c4cnn(C5CC5)c4)C3)nc2c1=O. The Morgan fingerprint density at radius 2 is 1.97 bits per heavy atom. The first kappa shape index (κ1) is 21.4. The average molecular weight is 480 g/mol. The second-order valence-corrected chi connectivity index (χ2v) is 9.56. The van der Waals surface area contributed by atoms with Crippen molar-refractivity contribution in [2.75, 3.05) is 6.61 Å². The maximum atomic E-state index is 14.9. The van der Waals surface area contributed by atoms with Crippen LogP contribution in [0.2, 0.25) is 5.02 Å². The van der Waals surface area contributed by atoms with Crippen LogP contribution in [-0.4, -0.2) is 31.2 Å². The highest BCUT2D eigenvalue weighted by molar-refractivity contribution is 6.30. The predicted octanol–water partition coefficient (Wildman–Crippen LogP) is 4.95. The summed E-state index contributed by atoms with van der Waals surface area (Å²) < 4.78 is 24.3. The fraction of sp³-hybridized carbons (Fsp3) is 0.360. The molecule has 1 aliphatic heterocycles. The first-order chi connectivity index (χ1) is 16.5. The maximum absolute atomic E-state index is 14.9. The molecule has 6 rings (SSSR count). The van der Waals surface area contributed by atoms with Crippen molar-refractivity contribution in [2.24, 2.45) is 7.05 Å². The lowest BCUT2D eigenvalue weighted by atomic mass is 9.88. The molecule has 0 amide bonds. The van der Waals surface area contributed by atoms with Crippen molar-refractivity contribution in [2.45, 2.75) is 43.7 Å². The molecule has 0 spiro atoms. The van der Waals surface area contributed by atoms with Gasteiger partial charge in [-0.3, -0.25) is 9.48 Å². The molecule has 2 aliphatic rings. The molecule has 7 nitrogen and oxygen atoms in total. The van der Waals surface area contributed by atoms with E-state index in [-0.39, 0.29) is 23.1 Å². The molecule has 0 N–H and O–H groups in total. The molecule has 0 radical (unpaired) electrons. The molecule has 2 atom stereocenters. The molecule has 0 unspecified atom stereocenters. The number of nitrogens with zero attached hydrogens (tertiary/aromatic N) is 5. The molecule has 1 aliphatic carbocycles. The normalized spacial score (nSPS) is 20.7.